The molecule has 1 aliphatic heterocycles. The van der Waals surface area contributed by atoms with E-state index in [0.717, 1.165) is 51.9 Å². The van der Waals surface area contributed by atoms with Crippen LogP contribution in [-0.2, 0) is 19.1 Å². The van der Waals surface area contributed by atoms with Crippen molar-refractivity contribution in [1.29, 1.82) is 0 Å². The normalized spacial score (nSPS) is 13.8. The summed E-state index contributed by atoms with van der Waals surface area (Å²) in [4.78, 5) is 40.1. The molecule has 0 bridgehead atoms. The van der Waals surface area contributed by atoms with Crippen molar-refractivity contribution in [1.82, 2.24) is 15.1 Å². The first kappa shape index (κ1) is 30.4. The topological polar surface area (TPSA) is 88.2 Å². The van der Waals surface area contributed by atoms with Crippen molar-refractivity contribution in [3.63, 3.8) is 0 Å². The number of carbonyl (C=O) groups excluding carboxylic acids is 3. The lowest BCUT2D eigenvalue weighted by Gasteiger charge is -2.26. The number of ether oxygens (including phenoxy) is 2. The van der Waals surface area contributed by atoms with Crippen molar-refractivity contribution in [2.75, 3.05) is 52.4 Å². The third-order valence-corrected chi connectivity index (χ3v) is 6.15. The van der Waals surface area contributed by atoms with Crippen LogP contribution in [0.3, 0.4) is 0 Å². The molecule has 0 atom stereocenters. The van der Waals surface area contributed by atoms with Crippen LogP contribution in [0.1, 0.15) is 97.3 Å². The average Bonchev–Trinajstić information content (AvgIpc) is 2.84. The van der Waals surface area contributed by atoms with Crippen molar-refractivity contribution in [2.24, 2.45) is 0 Å². The summed E-state index contributed by atoms with van der Waals surface area (Å²) < 4.78 is 10.3. The smallest absolute Gasteiger partial charge is 0.417 e. The maximum Gasteiger partial charge on any atom is 0.417 e. The lowest BCUT2D eigenvalue weighted by Crippen LogP contribution is -2.47. The lowest BCUT2D eigenvalue weighted by atomic mass is 10.1. The van der Waals surface area contributed by atoms with Crippen LogP contribution >= 0.6 is 0 Å². The quantitative estimate of drug-likeness (QED) is 0.164. The van der Waals surface area contributed by atoms with Crippen LogP contribution in [-0.4, -0.2) is 80.3 Å². The van der Waals surface area contributed by atoms with Gasteiger partial charge in [-0.15, -0.1) is 0 Å². The number of hydrogen-bond donors (Lipinski definition) is 1. The fourth-order valence-electron chi connectivity index (χ4n) is 3.99. The monoisotopic (exact) mass is 483 g/mol. The molecule has 1 aliphatic rings. The second kappa shape index (κ2) is 20.7. The molecular formula is C26H49N3O5. The molecule has 0 spiro atoms. The molecule has 8 nitrogen and oxygen atoms in total. The molecule has 1 fully saturated rings. The van der Waals surface area contributed by atoms with Gasteiger partial charge in [0.05, 0.1) is 13.0 Å². The van der Waals surface area contributed by atoms with E-state index >= 15 is 0 Å². The van der Waals surface area contributed by atoms with E-state index in [1.54, 1.807) is 4.90 Å². The summed E-state index contributed by atoms with van der Waals surface area (Å²) in [5, 5.41) is 3.17. The highest BCUT2D eigenvalue weighted by atomic mass is 16.6. The summed E-state index contributed by atoms with van der Waals surface area (Å²) in [7, 11) is 0. The van der Waals surface area contributed by atoms with Crippen molar-refractivity contribution in [2.45, 2.75) is 97.3 Å². The zero-order valence-corrected chi connectivity index (χ0v) is 21.8. The van der Waals surface area contributed by atoms with Gasteiger partial charge in [-0.05, 0) is 32.4 Å². The van der Waals surface area contributed by atoms with Gasteiger partial charge in [-0.25, -0.2) is 4.79 Å². The van der Waals surface area contributed by atoms with Crippen LogP contribution < -0.4 is 5.32 Å². The molecule has 198 valence electrons. The minimum Gasteiger partial charge on any atom is -0.466 e. The van der Waals surface area contributed by atoms with E-state index in [2.05, 4.69) is 24.1 Å². The Morgan fingerprint density at radius 3 is 2.06 bits per heavy atom. The molecule has 8 heteroatoms. The third-order valence-electron chi connectivity index (χ3n) is 6.15. The molecule has 0 radical (unpaired) electrons. The number of unbranched alkanes of at least 4 members (excludes halogenated alkanes) is 8. The van der Waals surface area contributed by atoms with Crippen LogP contribution in [0.25, 0.3) is 0 Å². The summed E-state index contributed by atoms with van der Waals surface area (Å²) in [5.41, 5.74) is 0. The van der Waals surface area contributed by atoms with E-state index < -0.39 is 12.1 Å². The molecule has 0 aromatic carbocycles. The average molecular weight is 484 g/mol. The number of esters is 2. The SMILES string of the molecule is CCCCCCCCCN(CCCC(=O)OCCCCC)CCC(=O)OC(=O)N1CCNCC1. The predicted molar refractivity (Wildman–Crippen MR) is 135 cm³/mol. The number of hydrogen-bond acceptors (Lipinski definition) is 7. The highest BCUT2D eigenvalue weighted by molar-refractivity contribution is 5.84. The first-order valence-corrected chi connectivity index (χ1v) is 13.6. The summed E-state index contributed by atoms with van der Waals surface area (Å²) in [6.07, 6.45) is 12.4. The van der Waals surface area contributed by atoms with Gasteiger partial charge < -0.3 is 24.6 Å². The number of carbonyl (C=O) groups is 3. The molecule has 1 saturated heterocycles. The van der Waals surface area contributed by atoms with Crippen molar-refractivity contribution >= 4 is 18.0 Å². The number of nitrogens with one attached hydrogen (secondary N) is 1. The van der Waals surface area contributed by atoms with Crippen LogP contribution in [0, 0.1) is 0 Å². The molecular weight excluding hydrogens is 434 g/mol. The highest BCUT2D eigenvalue weighted by Gasteiger charge is 2.21. The lowest BCUT2D eigenvalue weighted by molar-refractivity contribution is -0.144. The Morgan fingerprint density at radius 1 is 0.735 bits per heavy atom. The number of nitrogens with zero attached hydrogens (tertiary/aromatic N) is 2. The van der Waals surface area contributed by atoms with E-state index in [0.29, 0.717) is 39.1 Å². The minimum atomic E-state index is -0.545. The highest BCUT2D eigenvalue weighted by Crippen LogP contribution is 2.09. The van der Waals surface area contributed by atoms with Gasteiger partial charge in [0, 0.05) is 39.1 Å². The van der Waals surface area contributed by atoms with Gasteiger partial charge in [0.2, 0.25) is 0 Å². The first-order chi connectivity index (χ1) is 16.6. The first-order valence-electron chi connectivity index (χ1n) is 13.6. The Kier molecular flexibility index (Phi) is 18.5. The summed E-state index contributed by atoms with van der Waals surface area (Å²) in [6, 6.07) is 0. The summed E-state index contributed by atoms with van der Waals surface area (Å²) in [5.74, 6) is -0.628. The van der Waals surface area contributed by atoms with Crippen LogP contribution in [0.5, 0.6) is 0 Å². The molecule has 34 heavy (non-hydrogen) atoms. The largest absolute Gasteiger partial charge is 0.466 e. The van der Waals surface area contributed by atoms with E-state index in [-0.39, 0.29) is 12.4 Å². The maximum atomic E-state index is 12.2. The van der Waals surface area contributed by atoms with E-state index in [1.807, 2.05) is 0 Å². The van der Waals surface area contributed by atoms with E-state index in [4.69, 9.17) is 9.47 Å². The van der Waals surface area contributed by atoms with Gasteiger partial charge in [0.25, 0.3) is 0 Å². The molecule has 0 unspecified atom stereocenters. The van der Waals surface area contributed by atoms with Crippen molar-refractivity contribution < 1.29 is 23.9 Å². The third kappa shape index (κ3) is 16.0. The fraction of sp³-hybridized carbons (Fsp3) is 0.885. The van der Waals surface area contributed by atoms with Crippen molar-refractivity contribution in [3.05, 3.63) is 0 Å². The molecule has 0 aromatic rings. The zero-order valence-electron chi connectivity index (χ0n) is 21.8. The van der Waals surface area contributed by atoms with Gasteiger partial charge >= 0.3 is 18.0 Å². The molecule has 0 aliphatic carbocycles. The summed E-state index contributed by atoms with van der Waals surface area (Å²) >= 11 is 0. The van der Waals surface area contributed by atoms with Gasteiger partial charge in [0.15, 0.2) is 0 Å². The van der Waals surface area contributed by atoms with E-state index in [1.165, 1.54) is 38.5 Å². The number of rotatable bonds is 19. The van der Waals surface area contributed by atoms with Gasteiger partial charge in [-0.3, -0.25) is 9.59 Å². The Balaban J connectivity index is 2.34. The van der Waals surface area contributed by atoms with Gasteiger partial charge in [-0.1, -0.05) is 65.2 Å². The van der Waals surface area contributed by atoms with Crippen LogP contribution in [0.2, 0.25) is 0 Å². The van der Waals surface area contributed by atoms with Crippen molar-refractivity contribution in [3.8, 4) is 0 Å². The Morgan fingerprint density at radius 2 is 1.35 bits per heavy atom. The predicted octanol–water partition coefficient (Wildman–Crippen LogP) is 4.51. The molecule has 1 heterocycles. The second-order valence-corrected chi connectivity index (χ2v) is 9.22. The Hall–Kier alpha value is -1.67. The Bertz CT molecular complexity index is 553. The summed E-state index contributed by atoms with van der Waals surface area (Å²) in [6.45, 7) is 9.57. The maximum absolute atomic E-state index is 12.2. The second-order valence-electron chi connectivity index (χ2n) is 9.22. The molecule has 1 amide bonds. The van der Waals surface area contributed by atoms with Gasteiger partial charge in [-0.2, -0.15) is 0 Å². The molecule has 1 N–H and O–H groups in total. The van der Waals surface area contributed by atoms with Crippen LogP contribution in [0.15, 0.2) is 0 Å². The number of piperazine rings is 1. The molecule has 0 saturated carbocycles. The Labute approximate surface area is 207 Å². The zero-order chi connectivity index (χ0) is 24.9. The standard InChI is InChI=1S/C26H49N3O5/c1-3-5-7-8-9-10-11-18-28(19-13-14-24(30)33-23-12-6-4-2)20-15-25(31)34-26(32)29-21-16-27-17-22-29/h27H,3-23H2,1-2H3. The molecule has 0 aromatic heterocycles. The van der Waals surface area contributed by atoms with Crippen LogP contribution in [0.4, 0.5) is 4.79 Å². The van der Waals surface area contributed by atoms with E-state index in [9.17, 15) is 14.4 Å². The minimum absolute atomic E-state index is 0.145. The molecule has 1 rings (SSSR count). The number of amides is 1. The van der Waals surface area contributed by atoms with Gasteiger partial charge in [0.1, 0.15) is 0 Å². The fourth-order valence-corrected chi connectivity index (χ4v) is 3.99.